The average Bonchev–Trinajstić information content (AvgIpc) is 1.75. The van der Waals surface area contributed by atoms with E-state index in [0.717, 1.165) is 0 Å². The van der Waals surface area contributed by atoms with Crippen LogP contribution >= 0.6 is 0 Å². The number of rotatable bonds is 1. The van der Waals surface area contributed by atoms with Gasteiger partial charge < -0.3 is 10.1 Å². The van der Waals surface area contributed by atoms with E-state index < -0.39 is 5.60 Å². The number of alkyl carbamates (subject to hydrolysis) is 1. The minimum absolute atomic E-state index is 0.0100. The van der Waals surface area contributed by atoms with Crippen molar-refractivity contribution in [1.29, 1.82) is 0 Å². The summed E-state index contributed by atoms with van der Waals surface area (Å²) < 4.78 is 5.22. The van der Waals surface area contributed by atoms with Crippen LogP contribution in [0, 0.1) is 5.41 Å². The first kappa shape index (κ1) is 14.3. The van der Waals surface area contributed by atoms with Gasteiger partial charge in [-0.1, -0.05) is 20.8 Å². The van der Waals surface area contributed by atoms with Crippen molar-refractivity contribution in [3.05, 3.63) is 0 Å². The second-order valence-corrected chi connectivity index (χ2v) is 6.50. The third kappa shape index (κ3) is 5.05. The lowest BCUT2D eigenvalue weighted by Gasteiger charge is -2.39. The van der Waals surface area contributed by atoms with Gasteiger partial charge in [0.25, 0.3) is 0 Å². The number of carbonyl (C=O) groups is 1. The van der Waals surface area contributed by atoms with Gasteiger partial charge in [0.2, 0.25) is 0 Å². The maximum absolute atomic E-state index is 11.6. The van der Waals surface area contributed by atoms with Crippen LogP contribution in [-0.4, -0.2) is 17.2 Å². The number of amides is 1. The molecular weight excluding hydrogens is 190 g/mol. The summed E-state index contributed by atoms with van der Waals surface area (Å²) in [6.07, 6.45) is -0.359. The molecule has 0 aromatic rings. The Hall–Kier alpha value is -0.730. The fourth-order valence-electron chi connectivity index (χ4n) is 0.746. The molecule has 0 heterocycles. The van der Waals surface area contributed by atoms with E-state index in [1.54, 1.807) is 0 Å². The van der Waals surface area contributed by atoms with Crippen LogP contribution in [0.25, 0.3) is 0 Å². The predicted molar refractivity (Wildman–Crippen MR) is 62.9 cm³/mol. The lowest BCUT2D eigenvalue weighted by molar-refractivity contribution is 0.0388. The van der Waals surface area contributed by atoms with E-state index in [0.29, 0.717) is 0 Å². The lowest BCUT2D eigenvalue weighted by Crippen LogP contribution is -2.53. The van der Waals surface area contributed by atoms with Crippen LogP contribution < -0.4 is 5.32 Å². The topological polar surface area (TPSA) is 38.3 Å². The smallest absolute Gasteiger partial charge is 0.408 e. The lowest BCUT2D eigenvalue weighted by atomic mass is 9.76. The molecular formula is C12H25NO2. The maximum atomic E-state index is 11.6. The van der Waals surface area contributed by atoms with Crippen molar-refractivity contribution >= 4 is 6.09 Å². The quantitative estimate of drug-likeness (QED) is 0.728. The molecule has 0 aromatic carbocycles. The Balaban J connectivity index is 4.43. The van der Waals surface area contributed by atoms with Crippen molar-refractivity contribution in [2.24, 2.45) is 5.41 Å². The highest BCUT2D eigenvalue weighted by Crippen LogP contribution is 2.29. The molecule has 3 heteroatoms. The van der Waals surface area contributed by atoms with Gasteiger partial charge in [0, 0.05) is 5.54 Å². The first-order valence-corrected chi connectivity index (χ1v) is 5.36. The molecule has 0 bridgehead atoms. The third-order valence-electron chi connectivity index (χ3n) is 2.69. The van der Waals surface area contributed by atoms with Crippen LogP contribution in [0.15, 0.2) is 0 Å². The summed E-state index contributed by atoms with van der Waals surface area (Å²) in [5.74, 6) is 0. The molecule has 1 N–H and O–H groups in total. The Morgan fingerprint density at radius 1 is 0.933 bits per heavy atom. The molecule has 0 unspecified atom stereocenters. The SMILES string of the molecule is CC(C)(C)OC(=O)NC(C)(C)C(C)(C)C. The molecule has 0 saturated heterocycles. The minimum Gasteiger partial charge on any atom is -0.444 e. The van der Waals surface area contributed by atoms with Gasteiger partial charge in [-0.05, 0) is 40.0 Å². The van der Waals surface area contributed by atoms with E-state index in [-0.39, 0.29) is 17.0 Å². The van der Waals surface area contributed by atoms with Crippen LogP contribution in [0.3, 0.4) is 0 Å². The minimum atomic E-state index is -0.446. The summed E-state index contributed by atoms with van der Waals surface area (Å²) in [5, 5.41) is 2.89. The zero-order chi connectivity index (χ0) is 12.5. The number of ether oxygens (including phenoxy) is 1. The first-order chi connectivity index (χ1) is 6.35. The fraction of sp³-hybridized carbons (Fsp3) is 0.917. The normalized spacial score (nSPS) is 13.6. The van der Waals surface area contributed by atoms with Gasteiger partial charge in [-0.15, -0.1) is 0 Å². The largest absolute Gasteiger partial charge is 0.444 e. The molecule has 15 heavy (non-hydrogen) atoms. The van der Waals surface area contributed by atoms with Gasteiger partial charge in [-0.2, -0.15) is 0 Å². The van der Waals surface area contributed by atoms with Crippen molar-refractivity contribution < 1.29 is 9.53 Å². The molecule has 90 valence electrons. The molecule has 0 aliphatic rings. The second kappa shape index (κ2) is 4.03. The molecule has 1 amide bonds. The molecule has 0 saturated carbocycles. The predicted octanol–water partition coefficient (Wildman–Crippen LogP) is 3.34. The highest BCUT2D eigenvalue weighted by molar-refractivity contribution is 5.68. The summed E-state index contributed by atoms with van der Waals surface area (Å²) in [6, 6.07) is 0. The van der Waals surface area contributed by atoms with E-state index in [9.17, 15) is 4.79 Å². The van der Waals surface area contributed by atoms with Crippen molar-refractivity contribution in [3.8, 4) is 0 Å². The van der Waals surface area contributed by atoms with Crippen molar-refractivity contribution in [1.82, 2.24) is 5.32 Å². The molecule has 0 aliphatic heterocycles. The van der Waals surface area contributed by atoms with Crippen molar-refractivity contribution in [3.63, 3.8) is 0 Å². The summed E-state index contributed by atoms with van der Waals surface area (Å²) in [4.78, 5) is 11.6. The Morgan fingerprint density at radius 2 is 1.33 bits per heavy atom. The summed E-state index contributed by atoms with van der Waals surface area (Å²) in [6.45, 7) is 15.8. The maximum Gasteiger partial charge on any atom is 0.408 e. The number of nitrogens with one attached hydrogen (secondary N) is 1. The van der Waals surface area contributed by atoms with Crippen LogP contribution in [0.4, 0.5) is 4.79 Å². The molecule has 0 atom stereocenters. The molecule has 0 spiro atoms. The molecule has 0 aromatic heterocycles. The summed E-state index contributed by atoms with van der Waals surface area (Å²) in [5.41, 5.74) is -0.753. The Labute approximate surface area is 93.6 Å². The third-order valence-corrected chi connectivity index (χ3v) is 2.69. The number of hydrogen-bond acceptors (Lipinski definition) is 2. The second-order valence-electron chi connectivity index (χ2n) is 6.50. The van der Waals surface area contributed by atoms with Crippen LogP contribution in [-0.2, 0) is 4.74 Å². The van der Waals surface area contributed by atoms with Gasteiger partial charge in [0.15, 0.2) is 0 Å². The van der Waals surface area contributed by atoms with Gasteiger partial charge in [-0.3, -0.25) is 0 Å². The number of carbonyl (C=O) groups excluding carboxylic acids is 1. The molecule has 0 aliphatic carbocycles. The summed E-state index contributed by atoms with van der Waals surface area (Å²) in [7, 11) is 0. The van der Waals surface area contributed by atoms with Gasteiger partial charge in [0.05, 0.1) is 0 Å². The van der Waals surface area contributed by atoms with Gasteiger partial charge in [0.1, 0.15) is 5.60 Å². The van der Waals surface area contributed by atoms with E-state index in [4.69, 9.17) is 4.74 Å². The van der Waals surface area contributed by atoms with Crippen molar-refractivity contribution in [2.45, 2.75) is 66.5 Å². The highest BCUT2D eigenvalue weighted by Gasteiger charge is 2.35. The standard InChI is InChI=1S/C12H25NO2/c1-10(2,3)12(7,8)13-9(14)15-11(4,5)6/h1-8H3,(H,13,14). The molecule has 0 radical (unpaired) electrons. The fourth-order valence-corrected chi connectivity index (χ4v) is 0.746. The molecule has 0 fully saturated rings. The summed E-state index contributed by atoms with van der Waals surface area (Å²) >= 11 is 0. The van der Waals surface area contributed by atoms with E-state index in [1.165, 1.54) is 0 Å². The van der Waals surface area contributed by atoms with E-state index in [2.05, 4.69) is 26.1 Å². The van der Waals surface area contributed by atoms with Crippen LogP contribution in [0.2, 0.25) is 0 Å². The Bertz CT molecular complexity index is 231. The molecule has 0 rings (SSSR count). The van der Waals surface area contributed by atoms with Crippen molar-refractivity contribution in [2.75, 3.05) is 0 Å². The van der Waals surface area contributed by atoms with Gasteiger partial charge in [-0.25, -0.2) is 4.79 Å². The van der Waals surface area contributed by atoms with Gasteiger partial charge >= 0.3 is 6.09 Å². The zero-order valence-corrected chi connectivity index (χ0v) is 11.3. The average molecular weight is 215 g/mol. The molecule has 3 nitrogen and oxygen atoms in total. The Kier molecular flexibility index (Phi) is 3.83. The Morgan fingerprint density at radius 3 is 1.60 bits per heavy atom. The van der Waals surface area contributed by atoms with Crippen LogP contribution in [0.5, 0.6) is 0 Å². The number of hydrogen-bond donors (Lipinski definition) is 1. The monoisotopic (exact) mass is 215 g/mol. The highest BCUT2D eigenvalue weighted by atomic mass is 16.6. The van der Waals surface area contributed by atoms with Crippen LogP contribution in [0.1, 0.15) is 55.4 Å². The first-order valence-electron chi connectivity index (χ1n) is 5.36. The zero-order valence-electron chi connectivity index (χ0n) is 11.3. The van der Waals surface area contributed by atoms with E-state index >= 15 is 0 Å². The van der Waals surface area contributed by atoms with E-state index in [1.807, 2.05) is 34.6 Å².